The van der Waals surface area contributed by atoms with E-state index in [4.69, 9.17) is 4.74 Å². The van der Waals surface area contributed by atoms with E-state index in [1.54, 1.807) is 0 Å². The van der Waals surface area contributed by atoms with Gasteiger partial charge in [-0.1, -0.05) is 0 Å². The third-order valence-corrected chi connectivity index (χ3v) is 4.25. The van der Waals surface area contributed by atoms with Gasteiger partial charge in [0.1, 0.15) is 0 Å². The molecule has 15 heavy (non-hydrogen) atoms. The third kappa shape index (κ3) is 4.03. The molecule has 3 nitrogen and oxygen atoms in total. The maximum Gasteiger partial charge on any atom is 0.223 e. The minimum Gasteiger partial charge on any atom is -0.381 e. The van der Waals surface area contributed by atoms with Crippen LogP contribution in [-0.4, -0.2) is 36.7 Å². The predicted molar refractivity (Wildman–Crippen MR) is 62.0 cm³/mol. The summed E-state index contributed by atoms with van der Waals surface area (Å²) in [6.07, 6.45) is 4.53. The highest BCUT2D eigenvalue weighted by Gasteiger charge is 2.29. The van der Waals surface area contributed by atoms with Crippen molar-refractivity contribution in [2.45, 2.75) is 30.9 Å². The lowest BCUT2D eigenvalue weighted by molar-refractivity contribution is -0.122. The number of thioether (sulfide) groups is 1. The Morgan fingerprint density at radius 1 is 1.27 bits per heavy atom. The zero-order valence-corrected chi connectivity index (χ0v) is 9.85. The molecule has 0 unspecified atom stereocenters. The Bertz CT molecular complexity index is 213. The van der Waals surface area contributed by atoms with Gasteiger partial charge in [-0.05, 0) is 25.7 Å². The Labute approximate surface area is 95.3 Å². The van der Waals surface area contributed by atoms with Gasteiger partial charge in [-0.15, -0.1) is 0 Å². The molecule has 1 saturated carbocycles. The normalized spacial score (nSPS) is 22.7. The summed E-state index contributed by atoms with van der Waals surface area (Å²) in [4.78, 5) is 11.3. The van der Waals surface area contributed by atoms with Crippen molar-refractivity contribution >= 4 is 17.7 Å². The lowest BCUT2D eigenvalue weighted by Gasteiger charge is -2.21. The van der Waals surface area contributed by atoms with Gasteiger partial charge in [-0.25, -0.2) is 0 Å². The average Bonchev–Trinajstić information content (AvgIpc) is 3.09. The molecule has 1 saturated heterocycles. The number of ether oxygens (including phenoxy) is 1. The Balaban J connectivity index is 1.48. The summed E-state index contributed by atoms with van der Waals surface area (Å²) in [7, 11) is 0. The molecule has 2 rings (SSSR count). The van der Waals surface area contributed by atoms with Crippen molar-refractivity contribution in [3.63, 3.8) is 0 Å². The highest BCUT2D eigenvalue weighted by Crippen LogP contribution is 2.28. The number of carbonyl (C=O) groups is 1. The van der Waals surface area contributed by atoms with Gasteiger partial charge >= 0.3 is 0 Å². The van der Waals surface area contributed by atoms with Crippen molar-refractivity contribution in [3.8, 4) is 0 Å². The molecule has 0 radical (unpaired) electrons. The maximum absolute atomic E-state index is 11.3. The minimum absolute atomic E-state index is 0.266. The number of amides is 1. The highest BCUT2D eigenvalue weighted by molar-refractivity contribution is 7.99. The van der Waals surface area contributed by atoms with Gasteiger partial charge in [0.15, 0.2) is 0 Å². The molecule has 1 aliphatic carbocycles. The van der Waals surface area contributed by atoms with E-state index in [9.17, 15) is 4.79 Å². The minimum atomic E-state index is 0.266. The van der Waals surface area contributed by atoms with Gasteiger partial charge < -0.3 is 10.1 Å². The fraction of sp³-hybridized carbons (Fsp3) is 0.909. The molecular weight excluding hydrogens is 210 g/mol. The number of rotatable bonds is 5. The molecule has 1 amide bonds. The van der Waals surface area contributed by atoms with E-state index in [0.717, 1.165) is 43.6 Å². The average molecular weight is 229 g/mol. The van der Waals surface area contributed by atoms with Crippen LogP contribution in [0.2, 0.25) is 0 Å². The molecule has 0 aromatic heterocycles. The fourth-order valence-electron chi connectivity index (χ4n) is 1.73. The summed E-state index contributed by atoms with van der Waals surface area (Å²) in [5, 5.41) is 3.74. The van der Waals surface area contributed by atoms with Crippen molar-refractivity contribution in [2.75, 3.05) is 25.5 Å². The van der Waals surface area contributed by atoms with Crippen molar-refractivity contribution in [3.05, 3.63) is 0 Å². The number of carbonyl (C=O) groups excluding carboxylic acids is 1. The monoisotopic (exact) mass is 229 g/mol. The third-order valence-electron chi connectivity index (χ3n) is 2.87. The SMILES string of the molecule is O=C(NCCSC1CCOCC1)C1CC1. The lowest BCUT2D eigenvalue weighted by Crippen LogP contribution is -2.28. The molecule has 4 heteroatoms. The van der Waals surface area contributed by atoms with Crippen LogP contribution in [0.3, 0.4) is 0 Å². The second-order valence-corrected chi connectivity index (χ2v) is 5.66. The summed E-state index contributed by atoms with van der Waals surface area (Å²) >= 11 is 1.98. The quantitative estimate of drug-likeness (QED) is 0.725. The molecule has 0 aromatic carbocycles. The van der Waals surface area contributed by atoms with E-state index in [0.29, 0.717) is 5.92 Å². The molecule has 0 bridgehead atoms. The van der Waals surface area contributed by atoms with E-state index >= 15 is 0 Å². The Kier molecular flexibility index (Phi) is 4.32. The first-order chi connectivity index (χ1) is 7.36. The van der Waals surface area contributed by atoms with E-state index in [2.05, 4.69) is 5.32 Å². The lowest BCUT2D eigenvalue weighted by atomic mass is 10.2. The zero-order valence-electron chi connectivity index (χ0n) is 9.04. The van der Waals surface area contributed by atoms with E-state index in [1.807, 2.05) is 11.8 Å². The summed E-state index contributed by atoms with van der Waals surface area (Å²) in [6, 6.07) is 0. The van der Waals surface area contributed by atoms with Crippen molar-refractivity contribution in [2.24, 2.45) is 5.92 Å². The molecule has 0 aromatic rings. The van der Waals surface area contributed by atoms with Crippen LogP contribution in [0.15, 0.2) is 0 Å². The molecular formula is C11H19NO2S. The van der Waals surface area contributed by atoms with Gasteiger partial charge in [0, 0.05) is 36.7 Å². The smallest absolute Gasteiger partial charge is 0.223 e. The van der Waals surface area contributed by atoms with Crippen LogP contribution in [0.5, 0.6) is 0 Å². The number of hydrogen-bond acceptors (Lipinski definition) is 3. The van der Waals surface area contributed by atoms with Gasteiger partial charge in [0.2, 0.25) is 5.91 Å². The van der Waals surface area contributed by atoms with Crippen molar-refractivity contribution < 1.29 is 9.53 Å². The summed E-state index contributed by atoms with van der Waals surface area (Å²) < 4.78 is 5.30. The first-order valence-electron chi connectivity index (χ1n) is 5.83. The first-order valence-corrected chi connectivity index (χ1v) is 6.88. The number of hydrogen-bond donors (Lipinski definition) is 1. The predicted octanol–water partition coefficient (Wildman–Crippen LogP) is 1.42. The van der Waals surface area contributed by atoms with Crippen LogP contribution in [0.1, 0.15) is 25.7 Å². The molecule has 1 aliphatic heterocycles. The Hall–Kier alpha value is -0.220. The van der Waals surface area contributed by atoms with Crippen LogP contribution in [-0.2, 0) is 9.53 Å². The largest absolute Gasteiger partial charge is 0.381 e. The zero-order chi connectivity index (χ0) is 10.5. The molecule has 1 N–H and O–H groups in total. The highest BCUT2D eigenvalue weighted by atomic mass is 32.2. The topological polar surface area (TPSA) is 38.3 Å². The molecule has 86 valence electrons. The van der Waals surface area contributed by atoms with Crippen LogP contribution >= 0.6 is 11.8 Å². The van der Waals surface area contributed by atoms with Crippen LogP contribution in [0.25, 0.3) is 0 Å². The van der Waals surface area contributed by atoms with E-state index in [1.165, 1.54) is 12.8 Å². The molecule has 2 fully saturated rings. The van der Waals surface area contributed by atoms with Gasteiger partial charge in [0.05, 0.1) is 0 Å². The molecule has 0 spiro atoms. The molecule has 1 heterocycles. The van der Waals surface area contributed by atoms with Gasteiger partial charge in [0.25, 0.3) is 0 Å². The standard InChI is InChI=1S/C11H19NO2S/c13-11(9-1-2-9)12-5-8-15-10-3-6-14-7-4-10/h9-10H,1-8H2,(H,12,13). The summed E-state index contributed by atoms with van der Waals surface area (Å²) in [5.74, 6) is 1.66. The summed E-state index contributed by atoms with van der Waals surface area (Å²) in [6.45, 7) is 2.65. The molecule has 2 aliphatic rings. The van der Waals surface area contributed by atoms with Crippen LogP contribution in [0, 0.1) is 5.92 Å². The summed E-state index contributed by atoms with van der Waals surface area (Å²) in [5.41, 5.74) is 0. The van der Waals surface area contributed by atoms with E-state index < -0.39 is 0 Å². The number of nitrogens with one attached hydrogen (secondary N) is 1. The van der Waals surface area contributed by atoms with Crippen LogP contribution in [0.4, 0.5) is 0 Å². The van der Waals surface area contributed by atoms with Crippen molar-refractivity contribution in [1.29, 1.82) is 0 Å². The van der Waals surface area contributed by atoms with Crippen molar-refractivity contribution in [1.82, 2.24) is 5.32 Å². The second-order valence-electron chi connectivity index (χ2n) is 4.25. The van der Waals surface area contributed by atoms with Crippen LogP contribution < -0.4 is 5.32 Å². The fourth-order valence-corrected chi connectivity index (χ4v) is 2.81. The molecule has 0 atom stereocenters. The van der Waals surface area contributed by atoms with Gasteiger partial charge in [-0.3, -0.25) is 4.79 Å². The second kappa shape index (κ2) is 5.75. The first kappa shape index (κ1) is 11.3. The Morgan fingerprint density at radius 3 is 2.67 bits per heavy atom. The Morgan fingerprint density at radius 2 is 2.00 bits per heavy atom. The van der Waals surface area contributed by atoms with Gasteiger partial charge in [-0.2, -0.15) is 11.8 Å². The van der Waals surface area contributed by atoms with E-state index in [-0.39, 0.29) is 5.91 Å². The maximum atomic E-state index is 11.3.